The molecule has 36 heavy (non-hydrogen) atoms. The normalized spacial score (nSPS) is 15.8. The van der Waals surface area contributed by atoms with E-state index in [1.54, 1.807) is 43.5 Å². The summed E-state index contributed by atoms with van der Waals surface area (Å²) in [7, 11) is 1.54. The van der Waals surface area contributed by atoms with Gasteiger partial charge in [0.15, 0.2) is 11.5 Å². The summed E-state index contributed by atoms with van der Waals surface area (Å²) in [5.74, 6) is -1.20. The molecule has 6 rings (SSSR count). The Balaban J connectivity index is 1.57. The van der Waals surface area contributed by atoms with Crippen molar-refractivity contribution in [2.24, 2.45) is 0 Å². The Hall–Kier alpha value is -4.84. The molecule has 0 saturated heterocycles. The Bertz CT molecular complexity index is 1660. The molecule has 176 valence electrons. The number of para-hydroxylation sites is 1. The number of Topliss-reactive ketones (excluding diaryl/α,β-unsaturated/α-hetero) is 1. The zero-order valence-corrected chi connectivity index (χ0v) is 19.3. The Morgan fingerprint density at radius 1 is 0.889 bits per heavy atom. The standard InChI is InChI=1S/C30H21NO5/c1-35-21-12-7-11-20(17-21)31-27(23-14-6-10-18-8-2-4-13-22(18)23)26(29(33)30(31)34)28(32)25-16-19-9-3-5-15-24(19)36-25/h2-17,27,33H,1H3. The molecule has 0 saturated carbocycles. The van der Waals surface area contributed by atoms with E-state index in [0.717, 1.165) is 16.2 Å². The lowest BCUT2D eigenvalue weighted by Gasteiger charge is -2.28. The summed E-state index contributed by atoms with van der Waals surface area (Å²) in [6.45, 7) is 0. The molecule has 0 aliphatic carbocycles. The average molecular weight is 476 g/mol. The van der Waals surface area contributed by atoms with Crippen LogP contribution in [0.2, 0.25) is 0 Å². The zero-order chi connectivity index (χ0) is 24.8. The fourth-order valence-corrected chi connectivity index (χ4v) is 4.87. The maximum Gasteiger partial charge on any atom is 0.294 e. The van der Waals surface area contributed by atoms with Gasteiger partial charge in [-0.2, -0.15) is 0 Å². The lowest BCUT2D eigenvalue weighted by molar-refractivity contribution is -0.117. The number of benzene rings is 4. The number of rotatable bonds is 5. The molecule has 6 heteroatoms. The smallest absolute Gasteiger partial charge is 0.294 e. The largest absolute Gasteiger partial charge is 0.503 e. The summed E-state index contributed by atoms with van der Waals surface area (Å²) in [4.78, 5) is 28.9. The molecular weight excluding hydrogens is 454 g/mol. The minimum absolute atomic E-state index is 0.0294. The van der Waals surface area contributed by atoms with Crippen LogP contribution in [0.4, 0.5) is 5.69 Å². The van der Waals surface area contributed by atoms with E-state index < -0.39 is 23.5 Å². The van der Waals surface area contributed by atoms with Crippen LogP contribution in [-0.2, 0) is 4.79 Å². The van der Waals surface area contributed by atoms with Gasteiger partial charge in [0.25, 0.3) is 5.91 Å². The number of hydrogen-bond donors (Lipinski definition) is 1. The van der Waals surface area contributed by atoms with Crippen molar-refractivity contribution in [1.29, 1.82) is 0 Å². The fraction of sp³-hybridized carbons (Fsp3) is 0.0667. The fourth-order valence-electron chi connectivity index (χ4n) is 4.87. The number of amides is 1. The Morgan fingerprint density at radius 2 is 1.61 bits per heavy atom. The maximum atomic E-state index is 13.9. The molecule has 1 aromatic heterocycles. The van der Waals surface area contributed by atoms with Crippen molar-refractivity contribution < 1.29 is 23.8 Å². The van der Waals surface area contributed by atoms with Crippen LogP contribution in [0.25, 0.3) is 21.7 Å². The van der Waals surface area contributed by atoms with Crippen molar-refractivity contribution in [3.8, 4) is 5.75 Å². The van der Waals surface area contributed by atoms with Gasteiger partial charge in [-0.05, 0) is 40.6 Å². The number of anilines is 1. The second-order valence-electron chi connectivity index (χ2n) is 8.59. The van der Waals surface area contributed by atoms with Crippen molar-refractivity contribution in [3.63, 3.8) is 0 Å². The maximum absolute atomic E-state index is 13.9. The summed E-state index contributed by atoms with van der Waals surface area (Å²) < 4.78 is 11.2. The third-order valence-corrected chi connectivity index (χ3v) is 6.55. The molecule has 1 aliphatic rings. The van der Waals surface area contributed by atoms with Crippen molar-refractivity contribution in [2.45, 2.75) is 6.04 Å². The topological polar surface area (TPSA) is 80.0 Å². The summed E-state index contributed by atoms with van der Waals surface area (Å²) in [5, 5.41) is 13.7. The van der Waals surface area contributed by atoms with Crippen LogP contribution >= 0.6 is 0 Å². The lowest BCUT2D eigenvalue weighted by atomic mass is 9.91. The van der Waals surface area contributed by atoms with Gasteiger partial charge in [0.1, 0.15) is 11.3 Å². The first-order valence-corrected chi connectivity index (χ1v) is 11.5. The predicted molar refractivity (Wildman–Crippen MR) is 137 cm³/mol. The highest BCUT2D eigenvalue weighted by atomic mass is 16.5. The highest BCUT2D eigenvalue weighted by Gasteiger charge is 2.46. The van der Waals surface area contributed by atoms with E-state index in [4.69, 9.17) is 9.15 Å². The number of aliphatic hydroxyl groups excluding tert-OH is 1. The van der Waals surface area contributed by atoms with E-state index >= 15 is 0 Å². The van der Waals surface area contributed by atoms with Crippen molar-refractivity contribution in [2.75, 3.05) is 12.0 Å². The van der Waals surface area contributed by atoms with E-state index in [-0.39, 0.29) is 11.3 Å². The first-order chi connectivity index (χ1) is 17.6. The number of furan rings is 1. The molecule has 0 bridgehead atoms. The third-order valence-electron chi connectivity index (χ3n) is 6.55. The number of ketones is 1. The van der Waals surface area contributed by atoms with Crippen LogP contribution in [0.1, 0.15) is 22.2 Å². The van der Waals surface area contributed by atoms with Crippen LogP contribution in [0.5, 0.6) is 5.75 Å². The number of aliphatic hydroxyl groups is 1. The Labute approximate surface area is 206 Å². The van der Waals surface area contributed by atoms with E-state index in [0.29, 0.717) is 22.6 Å². The highest BCUT2D eigenvalue weighted by Crippen LogP contribution is 2.44. The number of fused-ring (bicyclic) bond motifs is 2. The van der Waals surface area contributed by atoms with E-state index in [1.807, 2.05) is 60.7 Å². The zero-order valence-electron chi connectivity index (χ0n) is 19.3. The van der Waals surface area contributed by atoms with Gasteiger partial charge >= 0.3 is 0 Å². The molecule has 6 nitrogen and oxygen atoms in total. The highest BCUT2D eigenvalue weighted by molar-refractivity contribution is 6.21. The van der Waals surface area contributed by atoms with E-state index in [2.05, 4.69) is 0 Å². The second kappa shape index (κ2) is 8.43. The SMILES string of the molecule is COc1cccc(N2C(=O)C(O)=C(C(=O)c3cc4ccccc4o3)C2c2cccc3ccccc23)c1. The van der Waals surface area contributed by atoms with Crippen molar-refractivity contribution in [1.82, 2.24) is 0 Å². The van der Waals surface area contributed by atoms with Gasteiger partial charge in [-0.25, -0.2) is 0 Å². The molecule has 1 atom stereocenters. The molecule has 1 amide bonds. The minimum Gasteiger partial charge on any atom is -0.503 e. The molecule has 0 radical (unpaired) electrons. The van der Waals surface area contributed by atoms with E-state index in [1.165, 1.54) is 4.90 Å². The molecule has 0 spiro atoms. The first kappa shape index (κ1) is 21.7. The summed E-state index contributed by atoms with van der Waals surface area (Å²) in [6, 6.07) is 28.5. The summed E-state index contributed by atoms with van der Waals surface area (Å²) in [6.07, 6.45) is 0. The quantitative estimate of drug-likeness (QED) is 0.299. The van der Waals surface area contributed by atoms with Gasteiger partial charge in [-0.15, -0.1) is 0 Å². The van der Waals surface area contributed by atoms with Gasteiger partial charge in [-0.3, -0.25) is 14.5 Å². The van der Waals surface area contributed by atoms with Crippen LogP contribution in [0, 0.1) is 0 Å². The van der Waals surface area contributed by atoms with Gasteiger partial charge in [0.2, 0.25) is 5.78 Å². The Kier molecular flexibility index (Phi) is 5.08. The molecule has 0 fully saturated rings. The van der Waals surface area contributed by atoms with Crippen LogP contribution < -0.4 is 9.64 Å². The summed E-state index contributed by atoms with van der Waals surface area (Å²) >= 11 is 0. The van der Waals surface area contributed by atoms with Crippen LogP contribution in [0.15, 0.2) is 113 Å². The third kappa shape index (κ3) is 3.34. The Morgan fingerprint density at radius 3 is 2.42 bits per heavy atom. The lowest BCUT2D eigenvalue weighted by Crippen LogP contribution is -2.31. The van der Waals surface area contributed by atoms with Gasteiger partial charge < -0.3 is 14.3 Å². The molecule has 1 unspecified atom stereocenters. The number of methoxy groups -OCH3 is 1. The molecule has 5 aromatic rings. The molecule has 2 heterocycles. The number of carbonyl (C=O) groups is 2. The van der Waals surface area contributed by atoms with Crippen LogP contribution in [0.3, 0.4) is 0 Å². The molecule has 1 aliphatic heterocycles. The van der Waals surface area contributed by atoms with Gasteiger partial charge in [0, 0.05) is 17.1 Å². The predicted octanol–water partition coefficient (Wildman–Crippen LogP) is 6.38. The number of hydrogen-bond acceptors (Lipinski definition) is 5. The summed E-state index contributed by atoms with van der Waals surface area (Å²) in [5.41, 5.74) is 1.74. The van der Waals surface area contributed by atoms with Crippen molar-refractivity contribution in [3.05, 3.63) is 120 Å². The minimum atomic E-state index is -0.878. The number of ether oxygens (including phenoxy) is 1. The van der Waals surface area contributed by atoms with Gasteiger partial charge in [0.05, 0.1) is 18.7 Å². The van der Waals surface area contributed by atoms with Crippen LogP contribution in [-0.4, -0.2) is 23.9 Å². The van der Waals surface area contributed by atoms with Crippen molar-refractivity contribution >= 4 is 39.1 Å². The molecule has 4 aromatic carbocycles. The first-order valence-electron chi connectivity index (χ1n) is 11.5. The van der Waals surface area contributed by atoms with E-state index in [9.17, 15) is 14.7 Å². The molecular formula is C30H21NO5. The number of carbonyl (C=O) groups excluding carboxylic acids is 2. The molecule has 1 N–H and O–H groups in total. The average Bonchev–Trinajstić information content (AvgIpc) is 3.47. The van der Waals surface area contributed by atoms with Gasteiger partial charge in [-0.1, -0.05) is 66.7 Å². The monoisotopic (exact) mass is 475 g/mol. The number of nitrogens with zero attached hydrogens (tertiary/aromatic N) is 1. The second-order valence-corrected chi connectivity index (χ2v) is 8.59.